The number of para-hydroxylation sites is 2. The van der Waals surface area contributed by atoms with E-state index in [0.717, 1.165) is 16.7 Å². The number of carbonyl (C=O) groups excluding carboxylic acids is 3. The fraction of sp³-hybridized carbons (Fsp3) is 0.222. The number of anilines is 1. The van der Waals surface area contributed by atoms with Gasteiger partial charge in [-0.2, -0.15) is 0 Å². The Bertz CT molecular complexity index is 1190. The molecule has 1 unspecified atom stereocenters. The van der Waals surface area contributed by atoms with E-state index in [1.54, 1.807) is 30.3 Å². The van der Waals surface area contributed by atoms with Crippen molar-refractivity contribution in [2.75, 3.05) is 11.9 Å². The summed E-state index contributed by atoms with van der Waals surface area (Å²) in [6.07, 6.45) is -1.14. The van der Waals surface area contributed by atoms with Crippen LogP contribution in [0.2, 0.25) is 0 Å². The van der Waals surface area contributed by atoms with E-state index in [0.29, 0.717) is 5.69 Å². The molecule has 0 aliphatic heterocycles. The summed E-state index contributed by atoms with van der Waals surface area (Å²) in [5.74, 6) is -1.84. The van der Waals surface area contributed by atoms with E-state index in [2.05, 4.69) is 10.6 Å². The molecule has 3 rings (SSSR count). The minimum atomic E-state index is -1.14. The smallest absolute Gasteiger partial charge is 0.342 e. The van der Waals surface area contributed by atoms with Gasteiger partial charge in [0, 0.05) is 5.69 Å². The Balaban J connectivity index is 1.53. The van der Waals surface area contributed by atoms with Gasteiger partial charge in [-0.25, -0.2) is 9.18 Å². The Kier molecular flexibility index (Phi) is 8.56. The van der Waals surface area contributed by atoms with Gasteiger partial charge in [-0.1, -0.05) is 42.5 Å². The van der Waals surface area contributed by atoms with Gasteiger partial charge in [-0.05, 0) is 61.7 Å². The zero-order valence-electron chi connectivity index (χ0n) is 19.8. The standard InChI is InChI=1S/C27H27FN2O5/c1-17-7-6-8-18(2)25(17)30-24(31)15-29-26(32)19(3)35-27(33)22-9-4-5-10-23(22)34-16-20-11-13-21(28)14-12-20/h4-14,19H,15-16H2,1-3H3,(H,29,32)(H,30,31). The van der Waals surface area contributed by atoms with Crippen LogP contribution in [-0.4, -0.2) is 30.4 Å². The Hall–Kier alpha value is -4.20. The molecular formula is C27H27FN2O5. The number of carbonyl (C=O) groups is 3. The predicted octanol–water partition coefficient (Wildman–Crippen LogP) is 4.32. The summed E-state index contributed by atoms with van der Waals surface area (Å²) in [6, 6.07) is 17.9. The van der Waals surface area contributed by atoms with Gasteiger partial charge in [0.25, 0.3) is 5.91 Å². The highest BCUT2D eigenvalue weighted by atomic mass is 19.1. The summed E-state index contributed by atoms with van der Waals surface area (Å²) in [6.45, 7) is 5.02. The largest absolute Gasteiger partial charge is 0.488 e. The average Bonchev–Trinajstić information content (AvgIpc) is 2.84. The lowest BCUT2D eigenvalue weighted by Gasteiger charge is -2.16. The zero-order valence-corrected chi connectivity index (χ0v) is 19.8. The van der Waals surface area contributed by atoms with Crippen molar-refractivity contribution in [1.29, 1.82) is 0 Å². The number of aryl methyl sites for hydroxylation is 2. The molecule has 0 aliphatic rings. The van der Waals surface area contributed by atoms with Crippen molar-refractivity contribution in [2.45, 2.75) is 33.5 Å². The number of halogens is 1. The molecule has 0 bridgehead atoms. The van der Waals surface area contributed by atoms with Crippen molar-refractivity contribution in [2.24, 2.45) is 0 Å². The first-order valence-corrected chi connectivity index (χ1v) is 11.1. The molecule has 0 fully saturated rings. The molecule has 35 heavy (non-hydrogen) atoms. The van der Waals surface area contributed by atoms with Crippen LogP contribution < -0.4 is 15.4 Å². The Labute approximate surface area is 203 Å². The second-order valence-corrected chi connectivity index (χ2v) is 7.99. The van der Waals surface area contributed by atoms with Crippen LogP contribution in [0.4, 0.5) is 10.1 Å². The Morgan fingerprint density at radius 3 is 2.26 bits per heavy atom. The van der Waals surface area contributed by atoms with E-state index in [1.165, 1.54) is 25.1 Å². The molecule has 2 N–H and O–H groups in total. The van der Waals surface area contributed by atoms with Gasteiger partial charge in [-0.3, -0.25) is 9.59 Å². The molecule has 0 aromatic heterocycles. The van der Waals surface area contributed by atoms with E-state index < -0.39 is 23.9 Å². The molecule has 2 amide bonds. The molecule has 3 aromatic carbocycles. The average molecular weight is 479 g/mol. The summed E-state index contributed by atoms with van der Waals surface area (Å²) >= 11 is 0. The van der Waals surface area contributed by atoms with E-state index in [4.69, 9.17) is 9.47 Å². The highest BCUT2D eigenvalue weighted by Gasteiger charge is 2.22. The van der Waals surface area contributed by atoms with Crippen molar-refractivity contribution in [3.63, 3.8) is 0 Å². The van der Waals surface area contributed by atoms with Gasteiger partial charge in [0.05, 0.1) is 6.54 Å². The van der Waals surface area contributed by atoms with Crippen LogP contribution in [0.3, 0.4) is 0 Å². The maximum atomic E-state index is 13.1. The lowest BCUT2D eigenvalue weighted by atomic mass is 10.1. The summed E-state index contributed by atoms with van der Waals surface area (Å²) in [5, 5.41) is 5.25. The van der Waals surface area contributed by atoms with Gasteiger partial charge in [0.2, 0.25) is 5.91 Å². The quantitative estimate of drug-likeness (QED) is 0.447. The van der Waals surface area contributed by atoms with Gasteiger partial charge in [0.1, 0.15) is 23.7 Å². The third-order valence-electron chi connectivity index (χ3n) is 5.24. The zero-order chi connectivity index (χ0) is 25.4. The first-order valence-electron chi connectivity index (χ1n) is 11.1. The highest BCUT2D eigenvalue weighted by molar-refractivity contribution is 5.97. The lowest BCUT2D eigenvalue weighted by Crippen LogP contribution is -2.40. The van der Waals surface area contributed by atoms with Crippen LogP contribution in [0.15, 0.2) is 66.7 Å². The molecule has 0 saturated carbocycles. The highest BCUT2D eigenvalue weighted by Crippen LogP contribution is 2.21. The van der Waals surface area contributed by atoms with Crippen LogP contribution in [0.1, 0.15) is 34.0 Å². The van der Waals surface area contributed by atoms with E-state index in [-0.39, 0.29) is 30.3 Å². The normalized spacial score (nSPS) is 11.3. The number of esters is 1. The molecule has 1 atom stereocenters. The first kappa shape index (κ1) is 25.4. The Morgan fingerprint density at radius 1 is 0.914 bits per heavy atom. The maximum absolute atomic E-state index is 13.1. The Morgan fingerprint density at radius 2 is 1.57 bits per heavy atom. The van der Waals surface area contributed by atoms with Crippen molar-refractivity contribution < 1.29 is 28.2 Å². The molecule has 0 spiro atoms. The van der Waals surface area contributed by atoms with E-state index in [9.17, 15) is 18.8 Å². The van der Waals surface area contributed by atoms with E-state index in [1.807, 2.05) is 32.0 Å². The fourth-order valence-corrected chi connectivity index (χ4v) is 3.29. The van der Waals surface area contributed by atoms with Crippen molar-refractivity contribution in [3.8, 4) is 5.75 Å². The third-order valence-corrected chi connectivity index (χ3v) is 5.24. The molecule has 0 heterocycles. The summed E-state index contributed by atoms with van der Waals surface area (Å²) < 4.78 is 24.1. The van der Waals surface area contributed by atoms with Gasteiger partial charge < -0.3 is 20.1 Å². The number of nitrogens with one attached hydrogen (secondary N) is 2. The third kappa shape index (κ3) is 7.14. The maximum Gasteiger partial charge on any atom is 0.342 e. The molecule has 0 saturated heterocycles. The monoisotopic (exact) mass is 478 g/mol. The van der Waals surface area contributed by atoms with Crippen molar-refractivity contribution in [3.05, 3.63) is 94.8 Å². The minimum absolute atomic E-state index is 0.121. The second-order valence-electron chi connectivity index (χ2n) is 7.99. The number of hydrogen-bond donors (Lipinski definition) is 2. The number of hydrogen-bond acceptors (Lipinski definition) is 5. The fourth-order valence-electron chi connectivity index (χ4n) is 3.29. The number of ether oxygens (including phenoxy) is 2. The van der Waals surface area contributed by atoms with Gasteiger partial charge in [0.15, 0.2) is 6.10 Å². The predicted molar refractivity (Wildman–Crippen MR) is 130 cm³/mol. The molecule has 0 radical (unpaired) electrons. The summed E-state index contributed by atoms with van der Waals surface area (Å²) in [5.41, 5.74) is 3.38. The molecule has 8 heteroatoms. The molecular weight excluding hydrogens is 451 g/mol. The number of benzene rings is 3. The molecule has 182 valence electrons. The van der Waals surface area contributed by atoms with Crippen molar-refractivity contribution >= 4 is 23.5 Å². The molecule has 7 nitrogen and oxygen atoms in total. The van der Waals surface area contributed by atoms with E-state index >= 15 is 0 Å². The number of amides is 2. The first-order chi connectivity index (χ1) is 16.7. The summed E-state index contributed by atoms with van der Waals surface area (Å²) in [4.78, 5) is 37.3. The van der Waals surface area contributed by atoms with Crippen LogP contribution in [0, 0.1) is 19.7 Å². The molecule has 0 aliphatic carbocycles. The lowest BCUT2D eigenvalue weighted by molar-refractivity contribution is -0.130. The van der Waals surface area contributed by atoms with Crippen molar-refractivity contribution in [1.82, 2.24) is 5.32 Å². The topological polar surface area (TPSA) is 93.7 Å². The van der Waals surface area contributed by atoms with Crippen LogP contribution in [-0.2, 0) is 20.9 Å². The number of rotatable bonds is 9. The SMILES string of the molecule is Cc1cccc(C)c1NC(=O)CNC(=O)C(C)OC(=O)c1ccccc1OCc1ccc(F)cc1. The van der Waals surface area contributed by atoms with Crippen LogP contribution in [0.5, 0.6) is 5.75 Å². The van der Waals surface area contributed by atoms with Crippen LogP contribution >= 0.6 is 0 Å². The van der Waals surface area contributed by atoms with Gasteiger partial charge in [-0.15, -0.1) is 0 Å². The minimum Gasteiger partial charge on any atom is -0.488 e. The summed E-state index contributed by atoms with van der Waals surface area (Å²) in [7, 11) is 0. The van der Waals surface area contributed by atoms with Crippen LogP contribution in [0.25, 0.3) is 0 Å². The molecule has 3 aromatic rings. The van der Waals surface area contributed by atoms with Gasteiger partial charge >= 0.3 is 5.97 Å². The second kappa shape index (κ2) is 11.8.